The summed E-state index contributed by atoms with van der Waals surface area (Å²) in [6.45, 7) is 0.229. The number of hydrogen-bond acceptors (Lipinski definition) is 5. The summed E-state index contributed by atoms with van der Waals surface area (Å²) in [6, 6.07) is 14.4. The molecule has 0 atom stereocenters. The van der Waals surface area contributed by atoms with Crippen LogP contribution < -0.4 is 11.1 Å². The topological polar surface area (TPSA) is 94.9 Å². The normalized spacial score (nSPS) is 10.9. The predicted molar refractivity (Wildman–Crippen MR) is 95.1 cm³/mol. The third-order valence-electron chi connectivity index (χ3n) is 3.98. The molecule has 4 aromatic rings. The Kier molecular flexibility index (Phi) is 4.06. The summed E-state index contributed by atoms with van der Waals surface area (Å²) in [5, 5.41) is 6.94. The first-order chi connectivity index (χ1) is 12.7. The zero-order chi connectivity index (χ0) is 17.9. The van der Waals surface area contributed by atoms with Crippen molar-refractivity contribution in [3.63, 3.8) is 0 Å². The number of anilines is 1. The van der Waals surface area contributed by atoms with E-state index in [1.54, 1.807) is 35.3 Å². The van der Waals surface area contributed by atoms with Crippen molar-refractivity contribution in [2.45, 2.75) is 13.0 Å². The van der Waals surface area contributed by atoms with Crippen LogP contribution >= 0.6 is 0 Å². The molecule has 2 heterocycles. The van der Waals surface area contributed by atoms with Crippen LogP contribution in [-0.2, 0) is 11.3 Å². The highest BCUT2D eigenvalue weighted by molar-refractivity contribution is 5.92. The number of fused-ring (bicyclic) bond motifs is 1. The molecule has 8 heteroatoms. The lowest BCUT2D eigenvalue weighted by Crippen LogP contribution is -2.20. The lowest BCUT2D eigenvalue weighted by Gasteiger charge is -2.10. The Hall–Kier alpha value is -3.68. The molecule has 1 amide bonds. The van der Waals surface area contributed by atoms with Gasteiger partial charge in [0.25, 0.3) is 0 Å². The maximum Gasteiger partial charge on any atom is 0.419 e. The molecule has 0 aliphatic carbocycles. The van der Waals surface area contributed by atoms with Crippen molar-refractivity contribution in [1.29, 1.82) is 0 Å². The van der Waals surface area contributed by atoms with Gasteiger partial charge in [0.2, 0.25) is 5.91 Å². The maximum absolute atomic E-state index is 12.4. The molecule has 2 aromatic heterocycles. The first kappa shape index (κ1) is 15.8. The molecular formula is C18H15N5O3. The van der Waals surface area contributed by atoms with Crippen molar-refractivity contribution in [3.8, 4) is 5.69 Å². The maximum atomic E-state index is 12.4. The van der Waals surface area contributed by atoms with Gasteiger partial charge in [-0.15, -0.1) is 0 Å². The Balaban J connectivity index is 1.50. The largest absolute Gasteiger partial charge is 0.419 e. The number of aryl methyl sites for hydroxylation is 1. The molecule has 130 valence electrons. The molecule has 2 aromatic carbocycles. The van der Waals surface area contributed by atoms with E-state index in [0.717, 1.165) is 0 Å². The van der Waals surface area contributed by atoms with Gasteiger partial charge in [-0.25, -0.2) is 14.5 Å². The number of carbonyl (C=O) groups excluding carboxylic acids is 1. The SMILES string of the molecule is O=C(CCn1c(=O)oc2ccccc21)Nc1ccccc1-n1cncn1. The van der Waals surface area contributed by atoms with Crippen molar-refractivity contribution in [3.05, 3.63) is 71.7 Å². The summed E-state index contributed by atoms with van der Waals surface area (Å²) in [4.78, 5) is 28.3. The quantitative estimate of drug-likeness (QED) is 0.596. The number of carbonyl (C=O) groups is 1. The summed E-state index contributed by atoms with van der Waals surface area (Å²) >= 11 is 0. The molecule has 0 radical (unpaired) electrons. The van der Waals surface area contributed by atoms with Gasteiger partial charge in [0.1, 0.15) is 12.7 Å². The van der Waals surface area contributed by atoms with Gasteiger partial charge in [-0.05, 0) is 24.3 Å². The van der Waals surface area contributed by atoms with E-state index >= 15 is 0 Å². The Morgan fingerprint density at radius 2 is 1.92 bits per heavy atom. The zero-order valence-electron chi connectivity index (χ0n) is 13.7. The third kappa shape index (κ3) is 3.00. The summed E-state index contributed by atoms with van der Waals surface area (Å²) < 4.78 is 8.20. The average Bonchev–Trinajstić information content (AvgIpc) is 3.28. The number of rotatable bonds is 5. The van der Waals surface area contributed by atoms with E-state index < -0.39 is 5.76 Å². The van der Waals surface area contributed by atoms with E-state index in [-0.39, 0.29) is 18.9 Å². The Morgan fingerprint density at radius 3 is 2.77 bits per heavy atom. The molecule has 0 aliphatic rings. The molecule has 0 aliphatic heterocycles. The van der Waals surface area contributed by atoms with E-state index in [2.05, 4.69) is 15.4 Å². The third-order valence-corrected chi connectivity index (χ3v) is 3.98. The number of para-hydroxylation sites is 4. The van der Waals surface area contributed by atoms with Crippen LogP contribution in [-0.4, -0.2) is 25.2 Å². The molecule has 4 rings (SSSR count). The minimum Gasteiger partial charge on any atom is -0.408 e. The van der Waals surface area contributed by atoms with Crippen LogP contribution in [0.3, 0.4) is 0 Å². The molecule has 0 bridgehead atoms. The summed E-state index contributed by atoms with van der Waals surface area (Å²) in [5.41, 5.74) is 2.51. The minimum absolute atomic E-state index is 0.134. The summed E-state index contributed by atoms with van der Waals surface area (Å²) in [7, 11) is 0. The Bertz CT molecular complexity index is 1110. The smallest absolute Gasteiger partial charge is 0.408 e. The fourth-order valence-corrected chi connectivity index (χ4v) is 2.76. The van der Waals surface area contributed by atoms with Crippen LogP contribution in [0, 0.1) is 0 Å². The summed E-state index contributed by atoms with van der Waals surface area (Å²) in [6.07, 6.45) is 3.12. The summed E-state index contributed by atoms with van der Waals surface area (Å²) in [5.74, 6) is -0.684. The van der Waals surface area contributed by atoms with Gasteiger partial charge >= 0.3 is 5.76 Å². The molecule has 0 saturated carbocycles. The molecule has 0 unspecified atom stereocenters. The van der Waals surface area contributed by atoms with Crippen LogP contribution in [0.25, 0.3) is 16.8 Å². The first-order valence-electron chi connectivity index (χ1n) is 8.04. The lowest BCUT2D eigenvalue weighted by atomic mass is 10.2. The van der Waals surface area contributed by atoms with Crippen LogP contribution in [0.4, 0.5) is 5.69 Å². The Labute approximate surface area is 147 Å². The van der Waals surface area contributed by atoms with Crippen molar-refractivity contribution in [2.75, 3.05) is 5.32 Å². The van der Waals surface area contributed by atoms with E-state index in [1.165, 1.54) is 10.9 Å². The van der Waals surface area contributed by atoms with Gasteiger partial charge in [-0.1, -0.05) is 24.3 Å². The predicted octanol–water partition coefficient (Wildman–Crippen LogP) is 2.20. The van der Waals surface area contributed by atoms with E-state index in [4.69, 9.17) is 4.42 Å². The van der Waals surface area contributed by atoms with Gasteiger partial charge in [0, 0.05) is 13.0 Å². The number of nitrogens with zero attached hydrogens (tertiary/aromatic N) is 4. The standard InChI is InChI=1S/C18H15N5O3/c24-17(9-10-22-15-7-3-4-8-16(15)26-18(22)25)21-13-5-1-2-6-14(13)23-12-19-11-20-23/h1-8,11-12H,9-10H2,(H,21,24). The van der Waals surface area contributed by atoms with Gasteiger partial charge in [-0.3, -0.25) is 9.36 Å². The van der Waals surface area contributed by atoms with E-state index in [1.807, 2.05) is 24.3 Å². The minimum atomic E-state index is -0.470. The average molecular weight is 349 g/mol. The van der Waals surface area contributed by atoms with Gasteiger partial charge in [0.15, 0.2) is 5.58 Å². The van der Waals surface area contributed by atoms with Crippen LogP contribution in [0.5, 0.6) is 0 Å². The fraction of sp³-hybridized carbons (Fsp3) is 0.111. The molecule has 8 nitrogen and oxygen atoms in total. The number of hydrogen-bond donors (Lipinski definition) is 1. The van der Waals surface area contributed by atoms with Gasteiger partial charge in [0.05, 0.1) is 16.9 Å². The van der Waals surface area contributed by atoms with Crippen LogP contribution in [0.2, 0.25) is 0 Å². The number of aromatic nitrogens is 4. The molecular weight excluding hydrogens is 334 g/mol. The highest BCUT2D eigenvalue weighted by Gasteiger charge is 2.12. The highest BCUT2D eigenvalue weighted by atomic mass is 16.4. The van der Waals surface area contributed by atoms with Crippen LogP contribution in [0.15, 0.2) is 70.4 Å². The number of benzene rings is 2. The Morgan fingerprint density at radius 1 is 1.12 bits per heavy atom. The van der Waals surface area contributed by atoms with Gasteiger partial charge < -0.3 is 9.73 Å². The van der Waals surface area contributed by atoms with E-state index in [0.29, 0.717) is 22.5 Å². The fourth-order valence-electron chi connectivity index (χ4n) is 2.76. The number of nitrogens with one attached hydrogen (secondary N) is 1. The van der Waals surface area contributed by atoms with Crippen molar-refractivity contribution in [1.82, 2.24) is 19.3 Å². The molecule has 0 saturated heterocycles. The van der Waals surface area contributed by atoms with Crippen LogP contribution in [0.1, 0.15) is 6.42 Å². The first-order valence-corrected chi connectivity index (χ1v) is 8.04. The highest BCUT2D eigenvalue weighted by Crippen LogP contribution is 2.19. The second-order valence-corrected chi connectivity index (χ2v) is 5.64. The monoisotopic (exact) mass is 349 g/mol. The number of oxazole rings is 1. The zero-order valence-corrected chi connectivity index (χ0v) is 13.7. The molecule has 1 N–H and O–H groups in total. The molecule has 0 fully saturated rings. The van der Waals surface area contributed by atoms with Crippen molar-refractivity contribution >= 4 is 22.7 Å². The molecule has 0 spiro atoms. The second kappa shape index (κ2) is 6.67. The number of amides is 1. The van der Waals surface area contributed by atoms with Gasteiger partial charge in [-0.2, -0.15) is 5.10 Å². The molecule has 26 heavy (non-hydrogen) atoms. The second-order valence-electron chi connectivity index (χ2n) is 5.64. The lowest BCUT2D eigenvalue weighted by molar-refractivity contribution is -0.116. The van der Waals surface area contributed by atoms with Crippen molar-refractivity contribution < 1.29 is 9.21 Å². The van der Waals surface area contributed by atoms with E-state index in [9.17, 15) is 9.59 Å². The van der Waals surface area contributed by atoms with Crippen molar-refractivity contribution in [2.24, 2.45) is 0 Å².